The SMILES string of the molecule is [C-]#[N+]c1cc(Cl)cc(C(C)(C)c2ccc(OCc3ccnc(N4CCC5(CC4)CN(CC4CCN(C(=O)OC(C)(C)C)CC4)C5)n3)cc2)c1. The minimum absolute atomic E-state index is 0.179. The van der Waals surface area contributed by atoms with Gasteiger partial charge in [0.1, 0.15) is 18.0 Å². The molecule has 10 heteroatoms. The molecule has 0 radical (unpaired) electrons. The largest absolute Gasteiger partial charge is 0.487 e. The average Bonchev–Trinajstić information content (AvgIpc) is 3.06. The molecule has 2 aromatic carbocycles. The minimum Gasteiger partial charge on any atom is -0.487 e. The zero-order valence-electron chi connectivity index (χ0n) is 29.5. The first-order chi connectivity index (χ1) is 23.3. The van der Waals surface area contributed by atoms with Gasteiger partial charge in [0, 0.05) is 62.4 Å². The Bertz CT molecular complexity index is 1660. The van der Waals surface area contributed by atoms with Crippen LogP contribution in [0.1, 0.15) is 77.1 Å². The quantitative estimate of drug-likeness (QED) is 0.222. The van der Waals surface area contributed by atoms with Gasteiger partial charge in [-0.1, -0.05) is 43.6 Å². The second-order valence-corrected chi connectivity index (χ2v) is 16.1. The highest BCUT2D eigenvalue weighted by Gasteiger charge is 2.45. The summed E-state index contributed by atoms with van der Waals surface area (Å²) in [5.74, 6) is 2.20. The molecule has 0 unspecified atom stereocenters. The van der Waals surface area contributed by atoms with Crippen molar-refractivity contribution >= 4 is 29.3 Å². The molecule has 3 saturated heterocycles. The van der Waals surface area contributed by atoms with E-state index in [2.05, 4.69) is 45.6 Å². The van der Waals surface area contributed by atoms with Gasteiger partial charge in [-0.05, 0) is 99.2 Å². The van der Waals surface area contributed by atoms with Crippen LogP contribution >= 0.6 is 11.6 Å². The normalized spacial score (nSPS) is 18.6. The van der Waals surface area contributed by atoms with Gasteiger partial charge in [0.25, 0.3) is 0 Å². The van der Waals surface area contributed by atoms with Crippen molar-refractivity contribution < 1.29 is 14.3 Å². The molecule has 260 valence electrons. The van der Waals surface area contributed by atoms with E-state index >= 15 is 0 Å². The molecular weight excluding hydrogens is 636 g/mol. The molecule has 3 aromatic rings. The molecule has 1 amide bonds. The van der Waals surface area contributed by atoms with E-state index in [0.717, 1.165) is 86.9 Å². The number of benzene rings is 2. The molecule has 49 heavy (non-hydrogen) atoms. The van der Waals surface area contributed by atoms with Gasteiger partial charge in [0.15, 0.2) is 5.69 Å². The molecule has 4 heterocycles. The van der Waals surface area contributed by atoms with Crippen LogP contribution < -0.4 is 9.64 Å². The number of likely N-dealkylation sites (tertiary alicyclic amines) is 2. The van der Waals surface area contributed by atoms with Crippen molar-refractivity contribution in [3.05, 3.63) is 88.0 Å². The van der Waals surface area contributed by atoms with Crippen molar-refractivity contribution in [3.63, 3.8) is 0 Å². The number of anilines is 1. The number of aromatic nitrogens is 2. The molecule has 3 aliphatic heterocycles. The molecule has 3 fully saturated rings. The second kappa shape index (κ2) is 14.2. The van der Waals surface area contributed by atoms with Crippen molar-refractivity contribution in [2.45, 2.75) is 77.9 Å². The third-order valence-corrected chi connectivity index (χ3v) is 10.6. The monoisotopic (exact) mass is 684 g/mol. The Morgan fingerprint density at radius 1 is 0.980 bits per heavy atom. The lowest BCUT2D eigenvalue weighted by atomic mass is 9.71. The maximum absolute atomic E-state index is 12.4. The molecule has 1 spiro atoms. The number of piperidine rings is 2. The number of carbonyl (C=O) groups excluding carboxylic acids is 1. The lowest BCUT2D eigenvalue weighted by molar-refractivity contribution is -0.0341. The molecule has 0 saturated carbocycles. The summed E-state index contributed by atoms with van der Waals surface area (Å²) in [7, 11) is 0. The van der Waals surface area contributed by atoms with E-state index in [-0.39, 0.29) is 11.5 Å². The van der Waals surface area contributed by atoms with Crippen molar-refractivity contribution in [2.24, 2.45) is 11.3 Å². The van der Waals surface area contributed by atoms with Crippen LogP contribution in [0.5, 0.6) is 5.75 Å². The van der Waals surface area contributed by atoms with E-state index in [4.69, 9.17) is 32.6 Å². The fourth-order valence-electron chi connectivity index (χ4n) is 7.43. The Kier molecular flexibility index (Phi) is 10.1. The van der Waals surface area contributed by atoms with Gasteiger partial charge < -0.3 is 24.2 Å². The summed E-state index contributed by atoms with van der Waals surface area (Å²) >= 11 is 6.30. The number of hydrogen-bond donors (Lipinski definition) is 0. The van der Waals surface area contributed by atoms with Crippen molar-refractivity contribution in [2.75, 3.05) is 50.7 Å². The number of halogens is 1. The van der Waals surface area contributed by atoms with Crippen LogP contribution in [0.15, 0.2) is 54.7 Å². The number of amides is 1. The molecule has 0 atom stereocenters. The first-order valence-electron chi connectivity index (χ1n) is 17.5. The highest BCUT2D eigenvalue weighted by atomic mass is 35.5. The van der Waals surface area contributed by atoms with Gasteiger partial charge in [-0.2, -0.15) is 0 Å². The number of rotatable bonds is 8. The van der Waals surface area contributed by atoms with Crippen molar-refractivity contribution in [3.8, 4) is 5.75 Å². The number of carbonyl (C=O) groups is 1. The van der Waals surface area contributed by atoms with Crippen molar-refractivity contribution in [1.82, 2.24) is 19.8 Å². The number of nitrogens with zero attached hydrogens (tertiary/aromatic N) is 6. The standard InChI is InChI=1S/C39H49ClN6O3/c1-37(2,3)49-36(47)46-17-12-28(13-18-46)24-44-26-39(27-44)14-19-45(20-15-39)35-42-16-11-32(43-35)25-48-34-9-7-29(8-10-34)38(4,5)30-21-31(40)23-33(22-30)41-6/h7-11,16,21-23,28H,12-15,17-20,24-27H2,1-5H3. The van der Waals surface area contributed by atoms with E-state index in [9.17, 15) is 4.79 Å². The van der Waals surface area contributed by atoms with Gasteiger partial charge in [-0.15, -0.1) is 0 Å². The van der Waals surface area contributed by atoms with E-state index in [1.165, 1.54) is 13.1 Å². The predicted octanol–water partition coefficient (Wildman–Crippen LogP) is 8.13. The van der Waals surface area contributed by atoms with Gasteiger partial charge in [0.2, 0.25) is 5.95 Å². The highest BCUT2D eigenvalue weighted by Crippen LogP contribution is 2.42. The summed E-state index contributed by atoms with van der Waals surface area (Å²) in [6.07, 6.45) is 6.06. The molecule has 3 aliphatic rings. The van der Waals surface area contributed by atoms with Crippen molar-refractivity contribution in [1.29, 1.82) is 0 Å². The highest BCUT2D eigenvalue weighted by molar-refractivity contribution is 6.31. The van der Waals surface area contributed by atoms with Gasteiger partial charge >= 0.3 is 6.09 Å². The fourth-order valence-corrected chi connectivity index (χ4v) is 7.66. The van der Waals surface area contributed by atoms with Gasteiger partial charge in [-0.3, -0.25) is 0 Å². The topological polar surface area (TPSA) is 75.4 Å². The lowest BCUT2D eigenvalue weighted by Gasteiger charge is -2.55. The Balaban J connectivity index is 0.946. The van der Waals surface area contributed by atoms with E-state index in [1.807, 2.05) is 62.2 Å². The lowest BCUT2D eigenvalue weighted by Crippen LogP contribution is -2.61. The van der Waals surface area contributed by atoms with E-state index < -0.39 is 5.60 Å². The summed E-state index contributed by atoms with van der Waals surface area (Å²) < 4.78 is 11.7. The van der Waals surface area contributed by atoms with Crippen LogP contribution in [0.25, 0.3) is 4.85 Å². The third-order valence-electron chi connectivity index (χ3n) is 10.4. The molecule has 0 N–H and O–H groups in total. The molecule has 6 rings (SSSR count). The van der Waals surface area contributed by atoms with Crippen LogP contribution in [-0.2, 0) is 16.8 Å². The summed E-state index contributed by atoms with van der Waals surface area (Å²) in [6, 6.07) is 15.6. The average molecular weight is 685 g/mol. The van der Waals surface area contributed by atoms with Crippen LogP contribution in [0.3, 0.4) is 0 Å². The zero-order chi connectivity index (χ0) is 34.8. The Morgan fingerprint density at radius 2 is 1.67 bits per heavy atom. The van der Waals surface area contributed by atoms with Gasteiger partial charge in [-0.25, -0.2) is 19.6 Å². The first kappa shape index (κ1) is 35.0. The molecule has 0 bridgehead atoms. The maximum atomic E-state index is 12.4. The molecule has 0 aliphatic carbocycles. The van der Waals surface area contributed by atoms with E-state index in [0.29, 0.717) is 28.6 Å². The van der Waals surface area contributed by atoms with Crippen LogP contribution in [0.4, 0.5) is 16.4 Å². The van der Waals surface area contributed by atoms with Gasteiger partial charge in [0.05, 0.1) is 12.3 Å². The molecular formula is C39H49ClN6O3. The Labute approximate surface area is 296 Å². The number of ether oxygens (including phenoxy) is 2. The summed E-state index contributed by atoms with van der Waals surface area (Å²) in [5, 5.41) is 0.571. The number of hydrogen-bond acceptors (Lipinski definition) is 7. The zero-order valence-corrected chi connectivity index (χ0v) is 30.3. The van der Waals surface area contributed by atoms with E-state index in [1.54, 1.807) is 6.07 Å². The first-order valence-corrected chi connectivity index (χ1v) is 17.9. The molecule has 9 nitrogen and oxygen atoms in total. The second-order valence-electron chi connectivity index (χ2n) is 15.7. The smallest absolute Gasteiger partial charge is 0.410 e. The minimum atomic E-state index is -0.446. The van der Waals surface area contributed by atoms with Crippen LogP contribution in [0.2, 0.25) is 5.02 Å². The summed E-state index contributed by atoms with van der Waals surface area (Å²) in [5.41, 5.74) is 3.14. The summed E-state index contributed by atoms with van der Waals surface area (Å²) in [4.78, 5) is 32.3. The van der Waals surface area contributed by atoms with Crippen LogP contribution in [0, 0.1) is 17.9 Å². The Hall–Kier alpha value is -3.87. The predicted molar refractivity (Wildman–Crippen MR) is 193 cm³/mol. The molecule has 1 aromatic heterocycles. The van der Waals surface area contributed by atoms with Crippen LogP contribution in [-0.4, -0.2) is 77.3 Å². The third kappa shape index (κ3) is 8.48. The Morgan fingerprint density at radius 3 is 2.33 bits per heavy atom. The maximum Gasteiger partial charge on any atom is 0.410 e. The summed E-state index contributed by atoms with van der Waals surface area (Å²) in [6.45, 7) is 24.8. The fraction of sp³-hybridized carbons (Fsp3) is 0.538.